The summed E-state index contributed by atoms with van der Waals surface area (Å²) in [5, 5.41) is 15.3. The summed E-state index contributed by atoms with van der Waals surface area (Å²) in [5.41, 5.74) is -0.587. The summed E-state index contributed by atoms with van der Waals surface area (Å²) in [6.07, 6.45) is 4.08. The number of hydrogen-bond acceptors (Lipinski definition) is 5. The Morgan fingerprint density at radius 2 is 2.00 bits per heavy atom. The molecule has 25 heavy (non-hydrogen) atoms. The minimum absolute atomic E-state index is 0.0809. The lowest BCUT2D eigenvalue weighted by Gasteiger charge is -2.39. The van der Waals surface area contributed by atoms with Crippen molar-refractivity contribution in [3.8, 4) is 0 Å². The monoisotopic (exact) mass is 365 g/mol. The molecule has 1 aliphatic heterocycles. The van der Waals surface area contributed by atoms with Crippen LogP contribution in [0, 0.1) is 5.92 Å². The van der Waals surface area contributed by atoms with Gasteiger partial charge in [-0.25, -0.2) is 13.1 Å². The van der Waals surface area contributed by atoms with Crippen LogP contribution in [0.5, 0.6) is 0 Å². The number of hydrogen-bond donors (Lipinski definition) is 2. The van der Waals surface area contributed by atoms with Crippen molar-refractivity contribution in [1.82, 2.24) is 14.5 Å². The highest BCUT2D eigenvalue weighted by Gasteiger charge is 2.40. The lowest BCUT2D eigenvalue weighted by molar-refractivity contribution is -0.0663. The summed E-state index contributed by atoms with van der Waals surface area (Å²) in [4.78, 5) is 0.0809. The fourth-order valence-corrected chi connectivity index (χ4v) is 4.26. The van der Waals surface area contributed by atoms with Crippen molar-refractivity contribution >= 4 is 10.0 Å². The zero-order chi connectivity index (χ0) is 17.9. The van der Waals surface area contributed by atoms with E-state index in [1.807, 2.05) is 30.3 Å². The molecule has 2 aromatic rings. The van der Waals surface area contributed by atoms with E-state index >= 15 is 0 Å². The fraction of sp³-hybridized carbons (Fsp3) is 0.471. The van der Waals surface area contributed by atoms with Crippen LogP contribution >= 0.6 is 0 Å². The lowest BCUT2D eigenvalue weighted by Crippen LogP contribution is -2.47. The molecule has 2 heterocycles. The predicted molar refractivity (Wildman–Crippen MR) is 92.3 cm³/mol. The van der Waals surface area contributed by atoms with Crippen molar-refractivity contribution in [2.45, 2.75) is 23.3 Å². The molecule has 2 N–H and O–H groups in total. The van der Waals surface area contributed by atoms with Crippen molar-refractivity contribution in [1.29, 1.82) is 0 Å². The number of aromatic nitrogens is 2. The van der Waals surface area contributed by atoms with E-state index in [-0.39, 0.29) is 17.4 Å². The molecule has 1 aliphatic rings. The maximum absolute atomic E-state index is 12.5. The third kappa shape index (κ3) is 3.92. The molecule has 1 saturated heterocycles. The fourth-order valence-electron chi connectivity index (χ4n) is 3.21. The van der Waals surface area contributed by atoms with Crippen LogP contribution < -0.4 is 4.72 Å². The second kappa shape index (κ2) is 7.25. The second-order valence-electron chi connectivity index (χ2n) is 6.35. The van der Waals surface area contributed by atoms with Gasteiger partial charge in [-0.1, -0.05) is 30.3 Å². The van der Waals surface area contributed by atoms with Crippen LogP contribution in [-0.4, -0.2) is 43.1 Å². The summed E-state index contributed by atoms with van der Waals surface area (Å²) >= 11 is 0. The van der Waals surface area contributed by atoms with E-state index < -0.39 is 15.6 Å². The largest absolute Gasteiger partial charge is 0.383 e. The molecule has 136 valence electrons. The molecule has 1 aromatic carbocycles. The van der Waals surface area contributed by atoms with E-state index in [2.05, 4.69) is 9.82 Å². The smallest absolute Gasteiger partial charge is 0.243 e. The maximum Gasteiger partial charge on any atom is 0.243 e. The van der Waals surface area contributed by atoms with Crippen LogP contribution in [0.3, 0.4) is 0 Å². The number of aliphatic hydroxyl groups is 1. The van der Waals surface area contributed by atoms with Crippen LogP contribution in [0.2, 0.25) is 0 Å². The van der Waals surface area contributed by atoms with Crippen molar-refractivity contribution in [3.63, 3.8) is 0 Å². The van der Waals surface area contributed by atoms with E-state index in [0.717, 1.165) is 0 Å². The first-order chi connectivity index (χ1) is 11.9. The molecule has 8 heteroatoms. The van der Waals surface area contributed by atoms with E-state index in [0.29, 0.717) is 31.6 Å². The average Bonchev–Trinajstić information content (AvgIpc) is 3.09. The quantitative estimate of drug-likeness (QED) is 0.797. The minimum Gasteiger partial charge on any atom is -0.383 e. The van der Waals surface area contributed by atoms with Crippen molar-refractivity contribution < 1.29 is 18.3 Å². The van der Waals surface area contributed by atoms with Crippen molar-refractivity contribution in [3.05, 3.63) is 48.3 Å². The summed E-state index contributed by atoms with van der Waals surface area (Å²) in [6, 6.07) is 9.21. The maximum atomic E-state index is 12.5. The number of sulfonamides is 1. The first-order valence-electron chi connectivity index (χ1n) is 8.26. The molecule has 7 nitrogen and oxygen atoms in total. The average molecular weight is 365 g/mol. The predicted octanol–water partition coefficient (Wildman–Crippen LogP) is 1.01. The Morgan fingerprint density at radius 3 is 2.60 bits per heavy atom. The highest BCUT2D eigenvalue weighted by Crippen LogP contribution is 2.36. The first-order valence-corrected chi connectivity index (χ1v) is 9.74. The van der Waals surface area contributed by atoms with Crippen LogP contribution in [0.15, 0.2) is 47.6 Å². The molecular weight excluding hydrogens is 342 g/mol. The molecule has 1 aromatic heterocycles. The Hall–Kier alpha value is -1.74. The number of nitrogens with one attached hydrogen (secondary N) is 1. The Kier molecular flexibility index (Phi) is 5.24. The van der Waals surface area contributed by atoms with Gasteiger partial charge in [0.2, 0.25) is 10.0 Å². The Balaban J connectivity index is 1.85. The second-order valence-corrected chi connectivity index (χ2v) is 8.12. The normalized spacial score (nSPS) is 18.8. The Morgan fingerprint density at radius 1 is 1.32 bits per heavy atom. The molecular formula is C17H23N3O4S. The minimum atomic E-state index is -3.74. The zero-order valence-electron chi connectivity index (χ0n) is 14.1. The standard InChI is InChI=1S/C17H23N3O4S/c1-20-12-16(11-18-20)25(22,23)19-13-17(21,14-5-3-2-4-6-14)15-7-9-24-10-8-15/h2-6,11-12,15,19,21H,7-10,13H2,1H3/t17-/m0/s1. The number of aryl methyl sites for hydroxylation is 1. The van der Waals surface area contributed by atoms with Crippen molar-refractivity contribution in [2.75, 3.05) is 19.8 Å². The van der Waals surface area contributed by atoms with Crippen LogP contribution in [0.25, 0.3) is 0 Å². The van der Waals surface area contributed by atoms with Gasteiger partial charge in [-0.15, -0.1) is 0 Å². The highest BCUT2D eigenvalue weighted by molar-refractivity contribution is 7.89. The third-order valence-corrected chi connectivity index (χ3v) is 6.05. The van der Waals surface area contributed by atoms with Gasteiger partial charge < -0.3 is 9.84 Å². The molecule has 0 bridgehead atoms. The molecule has 1 fully saturated rings. The summed E-state index contributed by atoms with van der Waals surface area (Å²) in [6.45, 7) is 1.03. The number of benzene rings is 1. The van der Waals surface area contributed by atoms with Gasteiger partial charge in [-0.05, 0) is 24.3 Å². The van der Waals surface area contributed by atoms with Gasteiger partial charge in [0.25, 0.3) is 0 Å². The molecule has 1 atom stereocenters. The Bertz CT molecular complexity index is 800. The summed E-state index contributed by atoms with van der Waals surface area (Å²) in [7, 11) is -2.09. The molecule has 0 unspecified atom stereocenters. The van der Waals surface area contributed by atoms with Crippen LogP contribution in [0.4, 0.5) is 0 Å². The van der Waals surface area contributed by atoms with Gasteiger partial charge in [-0.3, -0.25) is 4.68 Å². The molecule has 0 saturated carbocycles. The lowest BCUT2D eigenvalue weighted by atomic mass is 9.77. The van der Waals surface area contributed by atoms with E-state index in [4.69, 9.17) is 4.74 Å². The SMILES string of the molecule is Cn1cc(S(=O)(=O)NC[C@](O)(c2ccccc2)C2CCOCC2)cn1. The summed E-state index contributed by atoms with van der Waals surface area (Å²) in [5.74, 6) is -0.0831. The zero-order valence-corrected chi connectivity index (χ0v) is 14.9. The molecule has 0 aliphatic carbocycles. The first kappa shape index (κ1) is 18.1. The van der Waals surface area contributed by atoms with Gasteiger partial charge in [0.15, 0.2) is 0 Å². The van der Waals surface area contributed by atoms with Gasteiger partial charge in [0.05, 0.1) is 6.20 Å². The number of rotatable bonds is 6. The Labute approximate surface area is 147 Å². The molecule has 0 spiro atoms. The van der Waals surface area contributed by atoms with Gasteiger partial charge >= 0.3 is 0 Å². The molecule has 3 rings (SSSR count). The highest BCUT2D eigenvalue weighted by atomic mass is 32.2. The van der Waals surface area contributed by atoms with Gasteiger partial charge in [0.1, 0.15) is 10.5 Å². The van der Waals surface area contributed by atoms with Gasteiger partial charge in [-0.2, -0.15) is 5.10 Å². The van der Waals surface area contributed by atoms with E-state index in [9.17, 15) is 13.5 Å². The van der Waals surface area contributed by atoms with E-state index in [1.165, 1.54) is 17.1 Å². The number of nitrogens with zero attached hydrogens (tertiary/aromatic N) is 2. The van der Waals surface area contributed by atoms with E-state index in [1.54, 1.807) is 7.05 Å². The molecule has 0 amide bonds. The van der Waals surface area contributed by atoms with Crippen LogP contribution in [-0.2, 0) is 27.4 Å². The molecule has 0 radical (unpaired) electrons. The third-order valence-electron chi connectivity index (χ3n) is 4.69. The van der Waals surface area contributed by atoms with Crippen molar-refractivity contribution in [2.24, 2.45) is 13.0 Å². The summed E-state index contributed by atoms with van der Waals surface area (Å²) < 4.78 is 34.4. The number of ether oxygens (including phenoxy) is 1. The van der Waals surface area contributed by atoms with Gasteiger partial charge in [0, 0.05) is 33.0 Å². The van der Waals surface area contributed by atoms with Crippen LogP contribution in [0.1, 0.15) is 18.4 Å². The topological polar surface area (TPSA) is 93.5 Å².